The third-order valence-corrected chi connectivity index (χ3v) is 5.32. The second-order valence-corrected chi connectivity index (χ2v) is 7.50. The van der Waals surface area contributed by atoms with E-state index in [1.54, 1.807) is 29.2 Å². The van der Waals surface area contributed by atoms with Gasteiger partial charge in [0.1, 0.15) is 6.10 Å². The monoisotopic (exact) mass is 432 g/mol. The van der Waals surface area contributed by atoms with Crippen molar-refractivity contribution in [1.29, 1.82) is 0 Å². The molecule has 3 aromatic rings. The van der Waals surface area contributed by atoms with Gasteiger partial charge in [-0.1, -0.05) is 66.7 Å². The van der Waals surface area contributed by atoms with E-state index in [4.69, 9.17) is 15.2 Å². The van der Waals surface area contributed by atoms with Crippen LogP contribution in [0.25, 0.3) is 0 Å². The average molecular weight is 432 g/mol. The Bertz CT molecular complexity index is 1120. The highest BCUT2D eigenvalue weighted by Gasteiger charge is 2.34. The minimum Gasteiger partial charge on any atom is -0.454 e. The van der Waals surface area contributed by atoms with Crippen LogP contribution in [0.5, 0.6) is 0 Å². The number of hydrogen-bond acceptors (Lipinski definition) is 7. The fourth-order valence-corrected chi connectivity index (χ4v) is 3.98. The molecule has 164 valence electrons. The molecule has 0 aliphatic carbocycles. The molecule has 0 aromatic heterocycles. The summed E-state index contributed by atoms with van der Waals surface area (Å²) >= 11 is 0. The van der Waals surface area contributed by atoms with Crippen molar-refractivity contribution in [3.63, 3.8) is 0 Å². The van der Waals surface area contributed by atoms with Gasteiger partial charge in [0.25, 0.3) is 0 Å². The van der Waals surface area contributed by atoms with Crippen LogP contribution < -0.4 is 10.6 Å². The molecule has 3 atom stereocenters. The summed E-state index contributed by atoms with van der Waals surface area (Å²) in [5.74, 6) is -1.26. The van der Waals surface area contributed by atoms with E-state index < -0.39 is 30.5 Å². The maximum absolute atomic E-state index is 13.2. The van der Waals surface area contributed by atoms with Crippen LogP contribution in [-0.2, 0) is 25.5 Å². The summed E-state index contributed by atoms with van der Waals surface area (Å²) < 4.78 is 11.2. The van der Waals surface area contributed by atoms with Gasteiger partial charge in [0.15, 0.2) is 6.35 Å². The molecule has 0 saturated heterocycles. The van der Waals surface area contributed by atoms with E-state index in [9.17, 15) is 14.7 Å². The number of esters is 2. The fourth-order valence-electron chi connectivity index (χ4n) is 3.98. The first-order chi connectivity index (χ1) is 15.5. The first-order valence-electron chi connectivity index (χ1n) is 10.3. The lowest BCUT2D eigenvalue weighted by Crippen LogP contribution is -2.39. The topological polar surface area (TPSA) is 102 Å². The molecular formula is C25H24N2O5. The number of fused-ring (bicyclic) bond motifs is 2. The fraction of sp³-hybridized carbons (Fsp3) is 0.200. The van der Waals surface area contributed by atoms with Gasteiger partial charge >= 0.3 is 11.9 Å². The van der Waals surface area contributed by atoms with Crippen LogP contribution in [0.15, 0.2) is 78.9 Å². The summed E-state index contributed by atoms with van der Waals surface area (Å²) in [7, 11) is 0. The summed E-state index contributed by atoms with van der Waals surface area (Å²) in [5.41, 5.74) is 9.34. The van der Waals surface area contributed by atoms with Crippen LogP contribution in [0.4, 0.5) is 11.4 Å². The predicted molar refractivity (Wildman–Crippen MR) is 119 cm³/mol. The molecular weight excluding hydrogens is 408 g/mol. The molecule has 1 aliphatic rings. The molecule has 7 heteroatoms. The van der Waals surface area contributed by atoms with E-state index in [-0.39, 0.29) is 0 Å². The summed E-state index contributed by atoms with van der Waals surface area (Å²) in [5, 5.41) is 10.3. The maximum atomic E-state index is 13.2. The highest BCUT2D eigenvalue weighted by atomic mass is 16.6. The molecule has 0 radical (unpaired) electrons. The molecule has 3 N–H and O–H groups in total. The number of aliphatic hydroxyl groups excluding tert-OH is 1. The lowest BCUT2D eigenvalue weighted by molar-refractivity contribution is -0.171. The smallest absolute Gasteiger partial charge is 0.352 e. The molecule has 32 heavy (non-hydrogen) atoms. The molecule has 0 saturated carbocycles. The van der Waals surface area contributed by atoms with E-state index in [0.717, 1.165) is 11.3 Å². The first-order valence-corrected chi connectivity index (χ1v) is 10.3. The van der Waals surface area contributed by atoms with Crippen molar-refractivity contribution in [2.24, 2.45) is 5.73 Å². The molecule has 7 nitrogen and oxygen atoms in total. The summed E-state index contributed by atoms with van der Waals surface area (Å²) in [4.78, 5) is 26.5. The Kier molecular flexibility index (Phi) is 6.20. The van der Waals surface area contributed by atoms with E-state index in [2.05, 4.69) is 0 Å². The molecule has 0 bridgehead atoms. The number of nitrogens with two attached hydrogens (primary N) is 1. The summed E-state index contributed by atoms with van der Waals surface area (Å²) in [6.07, 6.45) is -2.78. The zero-order valence-electron chi connectivity index (χ0n) is 17.5. The Morgan fingerprint density at radius 3 is 2.28 bits per heavy atom. The number of nitrogens with zero attached hydrogens (tertiary/aromatic N) is 1. The van der Waals surface area contributed by atoms with E-state index in [1.807, 2.05) is 54.6 Å². The second kappa shape index (κ2) is 9.21. The zero-order valence-corrected chi connectivity index (χ0v) is 17.5. The van der Waals surface area contributed by atoms with Crippen molar-refractivity contribution < 1.29 is 24.2 Å². The highest BCUT2D eigenvalue weighted by molar-refractivity contribution is 5.81. The molecule has 0 fully saturated rings. The number of benzene rings is 3. The van der Waals surface area contributed by atoms with Gasteiger partial charge in [-0.2, -0.15) is 0 Å². The van der Waals surface area contributed by atoms with E-state index in [1.165, 1.54) is 6.92 Å². The van der Waals surface area contributed by atoms with Crippen molar-refractivity contribution in [2.75, 3.05) is 4.90 Å². The Hall–Kier alpha value is -3.68. The third kappa shape index (κ3) is 4.34. The SMILES string of the molecule is CC(=O)O[C@@H](C(=O)O[C@H]1Cc2ccccc2N(C(N)O)c2ccccc21)c1ccccc1. The number of para-hydroxylation sites is 2. The Morgan fingerprint density at radius 1 is 0.969 bits per heavy atom. The minimum atomic E-state index is -1.29. The Balaban J connectivity index is 1.73. The molecule has 4 rings (SSSR count). The highest BCUT2D eigenvalue weighted by Crippen LogP contribution is 2.42. The lowest BCUT2D eigenvalue weighted by atomic mass is 10.0. The van der Waals surface area contributed by atoms with Gasteiger partial charge < -0.3 is 19.5 Å². The minimum absolute atomic E-state index is 0.365. The molecule has 1 unspecified atom stereocenters. The number of hydrogen-bond donors (Lipinski definition) is 2. The van der Waals surface area contributed by atoms with Gasteiger partial charge in [0, 0.05) is 30.2 Å². The van der Waals surface area contributed by atoms with Crippen LogP contribution in [0.3, 0.4) is 0 Å². The summed E-state index contributed by atoms with van der Waals surface area (Å²) in [6.45, 7) is 1.25. The van der Waals surface area contributed by atoms with Crippen LogP contribution in [0, 0.1) is 0 Å². The number of ether oxygens (including phenoxy) is 2. The zero-order chi connectivity index (χ0) is 22.7. The van der Waals surface area contributed by atoms with Crippen molar-refractivity contribution in [2.45, 2.75) is 31.9 Å². The largest absolute Gasteiger partial charge is 0.454 e. The number of carbonyl (C=O) groups is 2. The quantitative estimate of drug-likeness (QED) is 0.470. The first kappa shape index (κ1) is 21.5. The third-order valence-electron chi connectivity index (χ3n) is 5.32. The predicted octanol–water partition coefficient (Wildman–Crippen LogP) is 3.50. The van der Waals surface area contributed by atoms with Gasteiger partial charge in [-0.15, -0.1) is 0 Å². The van der Waals surface area contributed by atoms with Gasteiger partial charge in [0.05, 0.1) is 5.69 Å². The standard InChI is InChI=1S/C25H24N2O5/c1-16(28)31-23(17-9-3-2-4-10-17)24(29)32-22-15-18-11-5-7-13-20(18)27(25(26)30)21-14-8-6-12-19(21)22/h2-14,22-23,25,30H,15,26H2,1H3/t22-,23+,25?/m0/s1. The number of rotatable bonds is 5. The Labute approximate surface area is 186 Å². The van der Waals surface area contributed by atoms with Crippen molar-refractivity contribution in [1.82, 2.24) is 0 Å². The van der Waals surface area contributed by atoms with Crippen LogP contribution in [-0.4, -0.2) is 23.4 Å². The molecule has 3 aromatic carbocycles. The van der Waals surface area contributed by atoms with Crippen molar-refractivity contribution in [3.05, 3.63) is 95.6 Å². The number of carbonyl (C=O) groups excluding carboxylic acids is 2. The lowest BCUT2D eigenvalue weighted by Gasteiger charge is -2.29. The average Bonchev–Trinajstić information content (AvgIpc) is 2.92. The van der Waals surface area contributed by atoms with Crippen molar-refractivity contribution in [3.8, 4) is 0 Å². The van der Waals surface area contributed by atoms with Crippen LogP contribution >= 0.6 is 0 Å². The van der Waals surface area contributed by atoms with Gasteiger partial charge in [-0.25, -0.2) is 4.79 Å². The number of aliphatic hydroxyl groups is 1. The van der Waals surface area contributed by atoms with E-state index in [0.29, 0.717) is 23.2 Å². The number of anilines is 2. The molecule has 0 amide bonds. The van der Waals surface area contributed by atoms with Gasteiger partial charge in [-0.05, 0) is 17.7 Å². The van der Waals surface area contributed by atoms with Gasteiger partial charge in [-0.3, -0.25) is 10.5 Å². The van der Waals surface area contributed by atoms with Crippen LogP contribution in [0.2, 0.25) is 0 Å². The van der Waals surface area contributed by atoms with Crippen LogP contribution in [0.1, 0.15) is 35.8 Å². The molecule has 1 heterocycles. The van der Waals surface area contributed by atoms with Gasteiger partial charge in [0.2, 0.25) is 6.10 Å². The molecule has 0 spiro atoms. The summed E-state index contributed by atoms with van der Waals surface area (Å²) in [6, 6.07) is 23.5. The molecule has 1 aliphatic heterocycles. The maximum Gasteiger partial charge on any atom is 0.352 e. The van der Waals surface area contributed by atoms with Crippen molar-refractivity contribution >= 4 is 23.3 Å². The normalized spacial score (nSPS) is 16.7. The van der Waals surface area contributed by atoms with E-state index >= 15 is 0 Å². The second-order valence-electron chi connectivity index (χ2n) is 7.50. The Morgan fingerprint density at radius 2 is 1.59 bits per heavy atom.